The number of anilines is 1. The van der Waals surface area contributed by atoms with Crippen LogP contribution in [0, 0.1) is 10.1 Å². The van der Waals surface area contributed by atoms with Crippen LogP contribution in [-0.4, -0.2) is 15.8 Å². The van der Waals surface area contributed by atoms with Gasteiger partial charge in [0.1, 0.15) is 10.7 Å². The van der Waals surface area contributed by atoms with Crippen molar-refractivity contribution in [1.82, 2.24) is 10.3 Å². The van der Waals surface area contributed by atoms with Crippen LogP contribution in [0.25, 0.3) is 0 Å². The van der Waals surface area contributed by atoms with Crippen molar-refractivity contribution in [3.05, 3.63) is 50.0 Å². The molecule has 0 aliphatic heterocycles. The lowest BCUT2D eigenvalue weighted by molar-refractivity contribution is -0.383. The zero-order valence-electron chi connectivity index (χ0n) is 12.8. The lowest BCUT2D eigenvalue weighted by atomic mass is 10.1. The predicted octanol–water partition coefficient (Wildman–Crippen LogP) is 3.53. The van der Waals surface area contributed by atoms with E-state index in [9.17, 15) is 28.1 Å². The van der Waals surface area contributed by atoms with Crippen molar-refractivity contribution in [2.75, 3.05) is 5.73 Å². The highest BCUT2D eigenvalue weighted by Crippen LogP contribution is 2.32. The normalized spacial score (nSPS) is 12.6. The van der Waals surface area contributed by atoms with E-state index in [2.05, 4.69) is 10.3 Å². The molecule has 1 amide bonds. The van der Waals surface area contributed by atoms with Crippen LogP contribution in [0.2, 0.25) is 0 Å². The minimum absolute atomic E-state index is 0.0213. The molecule has 134 valence electrons. The third-order valence-corrected chi connectivity index (χ3v) is 4.27. The van der Waals surface area contributed by atoms with Gasteiger partial charge in [0.25, 0.3) is 11.6 Å². The van der Waals surface area contributed by atoms with E-state index in [-0.39, 0.29) is 16.3 Å². The molecule has 3 N–H and O–H groups in total. The Morgan fingerprint density at radius 2 is 2.16 bits per heavy atom. The number of amides is 1. The van der Waals surface area contributed by atoms with Crippen LogP contribution in [-0.2, 0) is 6.18 Å². The van der Waals surface area contributed by atoms with E-state index in [0.29, 0.717) is 6.42 Å². The van der Waals surface area contributed by atoms with Crippen LogP contribution in [0.3, 0.4) is 0 Å². The fraction of sp³-hybridized carbons (Fsp3) is 0.286. The maximum Gasteiger partial charge on any atom is 0.434 e. The van der Waals surface area contributed by atoms with Crippen molar-refractivity contribution in [3.8, 4) is 0 Å². The predicted molar refractivity (Wildman–Crippen MR) is 85.1 cm³/mol. The van der Waals surface area contributed by atoms with Gasteiger partial charge in [0, 0.05) is 17.0 Å². The highest BCUT2D eigenvalue weighted by molar-refractivity contribution is 7.09. The molecule has 0 bridgehead atoms. The van der Waals surface area contributed by atoms with Crippen LogP contribution in [0.15, 0.2) is 23.6 Å². The maximum absolute atomic E-state index is 12.6. The average molecular weight is 374 g/mol. The molecule has 7 nitrogen and oxygen atoms in total. The number of nitro benzene ring substituents is 1. The molecular formula is C14H13F3N4O3S. The Kier molecular flexibility index (Phi) is 5.26. The number of halogens is 3. The smallest absolute Gasteiger partial charge is 0.393 e. The van der Waals surface area contributed by atoms with Crippen molar-refractivity contribution in [1.29, 1.82) is 0 Å². The Labute approximate surface area is 143 Å². The van der Waals surface area contributed by atoms with Gasteiger partial charge in [0.15, 0.2) is 5.69 Å². The number of thiazole rings is 1. The fourth-order valence-electron chi connectivity index (χ4n) is 2.00. The first-order valence-corrected chi connectivity index (χ1v) is 7.88. The molecule has 0 aliphatic rings. The number of nitro groups is 1. The number of hydrogen-bond donors (Lipinski definition) is 2. The van der Waals surface area contributed by atoms with E-state index in [4.69, 9.17) is 5.73 Å². The summed E-state index contributed by atoms with van der Waals surface area (Å²) < 4.78 is 37.9. The summed E-state index contributed by atoms with van der Waals surface area (Å²) in [6, 6.07) is 2.79. The molecule has 11 heteroatoms. The first-order chi connectivity index (χ1) is 11.6. The Morgan fingerprint density at radius 3 is 2.68 bits per heavy atom. The van der Waals surface area contributed by atoms with E-state index >= 15 is 0 Å². The fourth-order valence-corrected chi connectivity index (χ4v) is 2.96. The number of nitrogens with one attached hydrogen (secondary N) is 1. The van der Waals surface area contributed by atoms with E-state index in [1.807, 2.05) is 0 Å². The molecule has 2 rings (SSSR count). The average Bonchev–Trinajstić information content (AvgIpc) is 3.02. The minimum Gasteiger partial charge on any atom is -0.393 e. The number of nitrogens with two attached hydrogens (primary N) is 1. The number of nitrogens with zero attached hydrogens (tertiary/aromatic N) is 2. The minimum atomic E-state index is -4.56. The van der Waals surface area contributed by atoms with Gasteiger partial charge in [-0.1, -0.05) is 6.92 Å². The number of aromatic nitrogens is 1. The molecule has 1 heterocycles. The summed E-state index contributed by atoms with van der Waals surface area (Å²) in [6.07, 6.45) is -4.26. The number of hydrogen-bond acceptors (Lipinski definition) is 6. The van der Waals surface area contributed by atoms with Crippen LogP contribution >= 0.6 is 11.3 Å². The van der Waals surface area contributed by atoms with Gasteiger partial charge in [0.2, 0.25) is 0 Å². The molecule has 1 aromatic carbocycles. The molecule has 0 aliphatic carbocycles. The van der Waals surface area contributed by atoms with Crippen LogP contribution in [0.5, 0.6) is 0 Å². The van der Waals surface area contributed by atoms with Crippen molar-refractivity contribution >= 4 is 28.6 Å². The summed E-state index contributed by atoms with van der Waals surface area (Å²) in [7, 11) is 0. The van der Waals surface area contributed by atoms with Crippen LogP contribution in [0.1, 0.15) is 40.4 Å². The molecule has 0 saturated heterocycles. The number of carbonyl (C=O) groups is 1. The lowest BCUT2D eigenvalue weighted by Crippen LogP contribution is -2.28. The molecule has 1 atom stereocenters. The number of benzene rings is 1. The van der Waals surface area contributed by atoms with Gasteiger partial charge in [0.05, 0.1) is 11.0 Å². The standard InChI is InChI=1S/C14H13F3N4O3S/c1-2-9(13-20-11(6-25-13)14(15,16)17)19-12(22)7-3-4-8(18)10(5-7)21(23)24/h3-6,9H,2,18H2,1H3,(H,19,22). The molecule has 0 fully saturated rings. The van der Waals surface area contributed by atoms with Crippen LogP contribution in [0.4, 0.5) is 24.5 Å². The Bertz CT molecular complexity index is 807. The van der Waals surface area contributed by atoms with Crippen LogP contribution < -0.4 is 11.1 Å². The quantitative estimate of drug-likeness (QED) is 0.472. The summed E-state index contributed by atoms with van der Waals surface area (Å²) in [5, 5.41) is 14.4. The SMILES string of the molecule is CCC(NC(=O)c1ccc(N)c([N+](=O)[O-])c1)c1nc(C(F)(F)F)cs1. The summed E-state index contributed by atoms with van der Waals surface area (Å²) in [5.74, 6) is -0.668. The summed E-state index contributed by atoms with van der Waals surface area (Å²) in [6.45, 7) is 1.67. The first-order valence-electron chi connectivity index (χ1n) is 7.00. The third kappa shape index (κ3) is 4.24. The number of rotatable bonds is 5. The number of carbonyl (C=O) groups excluding carboxylic acids is 1. The number of nitrogen functional groups attached to an aromatic ring is 1. The van der Waals surface area contributed by atoms with Gasteiger partial charge in [-0.15, -0.1) is 11.3 Å². The summed E-state index contributed by atoms with van der Waals surface area (Å²) in [4.78, 5) is 25.9. The molecule has 0 spiro atoms. The second kappa shape index (κ2) is 7.05. The zero-order valence-corrected chi connectivity index (χ0v) is 13.6. The van der Waals surface area contributed by atoms with E-state index in [0.717, 1.165) is 22.8 Å². The topological polar surface area (TPSA) is 111 Å². The first kappa shape index (κ1) is 18.6. The van der Waals surface area contributed by atoms with Gasteiger partial charge in [-0.25, -0.2) is 4.98 Å². The second-order valence-electron chi connectivity index (χ2n) is 5.03. The molecule has 0 saturated carbocycles. The molecule has 1 aromatic heterocycles. The van der Waals surface area contributed by atoms with E-state index in [1.165, 1.54) is 12.1 Å². The molecule has 1 unspecified atom stereocenters. The van der Waals surface area contributed by atoms with Crippen molar-refractivity contribution in [3.63, 3.8) is 0 Å². The molecule has 25 heavy (non-hydrogen) atoms. The second-order valence-corrected chi connectivity index (χ2v) is 5.92. The van der Waals surface area contributed by atoms with Gasteiger partial charge in [-0.3, -0.25) is 14.9 Å². The maximum atomic E-state index is 12.6. The molecule has 0 radical (unpaired) electrons. The van der Waals surface area contributed by atoms with E-state index < -0.39 is 34.4 Å². The van der Waals surface area contributed by atoms with Gasteiger partial charge in [-0.2, -0.15) is 13.2 Å². The molecular weight excluding hydrogens is 361 g/mol. The molecule has 2 aromatic rings. The zero-order chi connectivity index (χ0) is 18.8. The van der Waals surface area contributed by atoms with E-state index in [1.54, 1.807) is 6.92 Å². The summed E-state index contributed by atoms with van der Waals surface area (Å²) in [5.41, 5.74) is 3.90. The van der Waals surface area contributed by atoms with Gasteiger partial charge < -0.3 is 11.1 Å². The highest BCUT2D eigenvalue weighted by atomic mass is 32.1. The lowest BCUT2D eigenvalue weighted by Gasteiger charge is -2.14. The highest BCUT2D eigenvalue weighted by Gasteiger charge is 2.34. The largest absolute Gasteiger partial charge is 0.434 e. The Balaban J connectivity index is 2.21. The monoisotopic (exact) mass is 374 g/mol. The van der Waals surface area contributed by atoms with Crippen molar-refractivity contribution < 1.29 is 22.9 Å². The third-order valence-electron chi connectivity index (χ3n) is 3.31. The van der Waals surface area contributed by atoms with Crippen molar-refractivity contribution in [2.24, 2.45) is 0 Å². The number of alkyl halides is 3. The Hall–Kier alpha value is -2.69. The van der Waals surface area contributed by atoms with Gasteiger partial charge in [-0.05, 0) is 18.6 Å². The summed E-state index contributed by atoms with van der Waals surface area (Å²) >= 11 is 0.783. The van der Waals surface area contributed by atoms with Gasteiger partial charge >= 0.3 is 6.18 Å². The Morgan fingerprint density at radius 1 is 1.48 bits per heavy atom. The van der Waals surface area contributed by atoms with Crippen molar-refractivity contribution in [2.45, 2.75) is 25.6 Å².